The molecular weight excluding hydrogens is 469 g/mol. The first-order chi connectivity index (χ1) is 16.9. The van der Waals surface area contributed by atoms with Crippen molar-refractivity contribution in [2.45, 2.75) is 31.1 Å². The predicted molar refractivity (Wildman–Crippen MR) is 133 cm³/mol. The van der Waals surface area contributed by atoms with Gasteiger partial charge in [-0.3, -0.25) is 14.3 Å². The third kappa shape index (κ3) is 5.76. The number of carbonyl (C=O) groups is 1. The zero-order valence-corrected chi connectivity index (χ0v) is 21.2. The van der Waals surface area contributed by atoms with Gasteiger partial charge >= 0.3 is 0 Å². The van der Waals surface area contributed by atoms with Crippen LogP contribution in [0.15, 0.2) is 53.7 Å². The van der Waals surface area contributed by atoms with Crippen LogP contribution in [0.1, 0.15) is 25.7 Å². The Bertz CT molecular complexity index is 1150. The molecule has 0 N–H and O–H groups in total. The maximum absolute atomic E-state index is 13.5. The van der Waals surface area contributed by atoms with E-state index in [9.17, 15) is 9.18 Å². The summed E-state index contributed by atoms with van der Waals surface area (Å²) in [7, 11) is 3.92. The molecule has 1 aliphatic rings. The molecule has 3 aromatic rings. The Morgan fingerprint density at radius 1 is 1.17 bits per heavy atom. The standard InChI is InChI=1S/C25H30FN5O3S/c1-5-30(14-20-15-33-21-8-6-7-9-22(21)34-20)23(32)16-35-25-28-27-24(17(2)29(3)4)31(25)19-12-10-18(26)11-13-19/h6-13,17,20H,5,14-16H2,1-4H3/t17-,20+/m0/s1. The van der Waals surface area contributed by atoms with Crippen LogP contribution in [0.25, 0.3) is 5.69 Å². The lowest BCUT2D eigenvalue weighted by Gasteiger charge is -2.30. The minimum Gasteiger partial charge on any atom is -0.486 e. The van der Waals surface area contributed by atoms with Crippen molar-refractivity contribution in [3.63, 3.8) is 0 Å². The molecule has 0 aliphatic carbocycles. The summed E-state index contributed by atoms with van der Waals surface area (Å²) < 4.78 is 27.2. The maximum Gasteiger partial charge on any atom is 0.233 e. The van der Waals surface area contributed by atoms with E-state index in [0.717, 1.165) is 17.3 Å². The number of rotatable bonds is 9. The van der Waals surface area contributed by atoms with E-state index in [4.69, 9.17) is 9.47 Å². The Labute approximate surface area is 209 Å². The molecule has 35 heavy (non-hydrogen) atoms. The maximum atomic E-state index is 13.5. The molecule has 10 heteroatoms. The van der Waals surface area contributed by atoms with E-state index in [1.165, 1.54) is 23.9 Å². The Balaban J connectivity index is 1.46. The molecule has 0 spiro atoms. The molecule has 0 bridgehead atoms. The number of hydrogen-bond acceptors (Lipinski definition) is 7. The molecule has 0 fully saturated rings. The Morgan fingerprint density at radius 3 is 2.57 bits per heavy atom. The lowest BCUT2D eigenvalue weighted by molar-refractivity contribution is -0.129. The molecule has 4 rings (SSSR count). The summed E-state index contributed by atoms with van der Waals surface area (Å²) in [6.07, 6.45) is -0.241. The lowest BCUT2D eigenvalue weighted by atomic mass is 10.2. The van der Waals surface area contributed by atoms with Crippen molar-refractivity contribution >= 4 is 17.7 Å². The second kappa shape index (κ2) is 11.1. The van der Waals surface area contributed by atoms with Crippen LogP contribution in [0.3, 0.4) is 0 Å². The van der Waals surface area contributed by atoms with E-state index >= 15 is 0 Å². The summed E-state index contributed by atoms with van der Waals surface area (Å²) in [6.45, 7) is 5.33. The first kappa shape index (κ1) is 25.0. The second-order valence-electron chi connectivity index (χ2n) is 8.51. The molecule has 1 aromatic heterocycles. The van der Waals surface area contributed by atoms with Crippen molar-refractivity contribution in [3.8, 4) is 17.2 Å². The van der Waals surface area contributed by atoms with Crippen LogP contribution in [-0.4, -0.2) is 76.1 Å². The lowest BCUT2D eigenvalue weighted by Crippen LogP contribution is -2.44. The Morgan fingerprint density at radius 2 is 1.89 bits per heavy atom. The van der Waals surface area contributed by atoms with Crippen LogP contribution in [0.5, 0.6) is 11.5 Å². The fraction of sp³-hybridized carbons (Fsp3) is 0.400. The molecule has 2 heterocycles. The van der Waals surface area contributed by atoms with Gasteiger partial charge in [0.2, 0.25) is 5.91 Å². The number of ether oxygens (including phenoxy) is 2. The number of aromatic nitrogens is 3. The van der Waals surface area contributed by atoms with E-state index in [1.807, 2.05) is 61.7 Å². The fourth-order valence-corrected chi connectivity index (χ4v) is 4.59. The number of likely N-dealkylation sites (N-methyl/N-ethyl adjacent to an activating group) is 1. The zero-order valence-electron chi connectivity index (χ0n) is 20.3. The molecule has 2 aromatic carbocycles. The number of amides is 1. The van der Waals surface area contributed by atoms with Crippen LogP contribution < -0.4 is 9.47 Å². The van der Waals surface area contributed by atoms with Crippen LogP contribution in [0.4, 0.5) is 4.39 Å². The Kier molecular flexibility index (Phi) is 7.92. The van der Waals surface area contributed by atoms with E-state index in [-0.39, 0.29) is 29.6 Å². The highest BCUT2D eigenvalue weighted by atomic mass is 32.2. The van der Waals surface area contributed by atoms with Crippen LogP contribution in [0, 0.1) is 5.82 Å². The number of benzene rings is 2. The largest absolute Gasteiger partial charge is 0.486 e. The fourth-order valence-electron chi connectivity index (χ4n) is 3.73. The average Bonchev–Trinajstić information content (AvgIpc) is 3.29. The summed E-state index contributed by atoms with van der Waals surface area (Å²) in [4.78, 5) is 16.9. The number of carbonyl (C=O) groups excluding carboxylic acids is 1. The van der Waals surface area contributed by atoms with Gasteiger partial charge in [-0.25, -0.2) is 4.39 Å². The molecule has 1 amide bonds. The van der Waals surface area contributed by atoms with Gasteiger partial charge < -0.3 is 14.4 Å². The van der Waals surface area contributed by atoms with Crippen molar-refractivity contribution in [1.29, 1.82) is 0 Å². The minimum absolute atomic E-state index is 0.0314. The van der Waals surface area contributed by atoms with Crippen LogP contribution >= 0.6 is 11.8 Å². The monoisotopic (exact) mass is 499 g/mol. The van der Waals surface area contributed by atoms with E-state index in [2.05, 4.69) is 10.2 Å². The third-order valence-electron chi connectivity index (χ3n) is 5.94. The normalized spacial score (nSPS) is 15.8. The molecule has 2 atom stereocenters. The number of nitrogens with zero attached hydrogens (tertiary/aromatic N) is 5. The van der Waals surface area contributed by atoms with E-state index in [0.29, 0.717) is 30.6 Å². The molecular formula is C25H30FN5O3S. The average molecular weight is 500 g/mol. The summed E-state index contributed by atoms with van der Waals surface area (Å²) >= 11 is 1.31. The van der Waals surface area contributed by atoms with Gasteiger partial charge in [0, 0.05) is 12.2 Å². The first-order valence-electron chi connectivity index (χ1n) is 11.5. The number of fused-ring (bicyclic) bond motifs is 1. The van der Waals surface area contributed by atoms with Crippen LogP contribution in [0.2, 0.25) is 0 Å². The molecule has 0 radical (unpaired) electrons. The van der Waals surface area contributed by atoms with Crippen molar-refractivity contribution in [1.82, 2.24) is 24.6 Å². The van der Waals surface area contributed by atoms with Crippen molar-refractivity contribution in [3.05, 3.63) is 60.2 Å². The zero-order chi connectivity index (χ0) is 24.9. The van der Waals surface area contributed by atoms with Crippen molar-refractivity contribution in [2.75, 3.05) is 39.5 Å². The summed E-state index contributed by atoms with van der Waals surface area (Å²) in [6, 6.07) is 13.7. The van der Waals surface area contributed by atoms with Gasteiger partial charge in [0.25, 0.3) is 0 Å². The third-order valence-corrected chi connectivity index (χ3v) is 6.86. The molecule has 0 unspecified atom stereocenters. The van der Waals surface area contributed by atoms with Gasteiger partial charge in [0.05, 0.1) is 18.3 Å². The number of hydrogen-bond donors (Lipinski definition) is 0. The molecule has 186 valence electrons. The van der Waals surface area contributed by atoms with Gasteiger partial charge in [0.15, 0.2) is 28.6 Å². The summed E-state index contributed by atoms with van der Waals surface area (Å²) in [5.74, 6) is 1.97. The van der Waals surface area contributed by atoms with Crippen molar-refractivity contribution in [2.24, 2.45) is 0 Å². The van der Waals surface area contributed by atoms with Gasteiger partial charge in [-0.05, 0) is 64.3 Å². The van der Waals surface area contributed by atoms with E-state index < -0.39 is 0 Å². The van der Waals surface area contributed by atoms with Gasteiger partial charge in [-0.15, -0.1) is 10.2 Å². The van der Waals surface area contributed by atoms with E-state index in [1.54, 1.807) is 17.0 Å². The molecule has 8 nitrogen and oxygen atoms in total. The number of thioether (sulfide) groups is 1. The minimum atomic E-state index is -0.316. The predicted octanol–water partition coefficient (Wildman–Crippen LogP) is 3.81. The topological polar surface area (TPSA) is 72.7 Å². The number of halogens is 1. The number of para-hydroxylation sites is 2. The van der Waals surface area contributed by atoms with Gasteiger partial charge in [0.1, 0.15) is 12.4 Å². The molecule has 0 saturated carbocycles. The Hall–Kier alpha value is -3.11. The van der Waals surface area contributed by atoms with Gasteiger partial charge in [-0.1, -0.05) is 23.9 Å². The molecule has 1 aliphatic heterocycles. The highest BCUT2D eigenvalue weighted by molar-refractivity contribution is 7.99. The highest BCUT2D eigenvalue weighted by Crippen LogP contribution is 2.31. The van der Waals surface area contributed by atoms with Crippen molar-refractivity contribution < 1.29 is 18.7 Å². The SMILES string of the molecule is CCN(C[C@@H]1COc2ccccc2O1)C(=O)CSc1nnc([C@H](C)N(C)C)n1-c1ccc(F)cc1. The van der Waals surface area contributed by atoms with Gasteiger partial charge in [-0.2, -0.15) is 0 Å². The first-order valence-corrected chi connectivity index (χ1v) is 12.5. The summed E-state index contributed by atoms with van der Waals surface area (Å²) in [5, 5.41) is 9.33. The smallest absolute Gasteiger partial charge is 0.233 e. The quantitative estimate of drug-likeness (QED) is 0.415. The second-order valence-corrected chi connectivity index (χ2v) is 9.45. The molecule has 0 saturated heterocycles. The van der Waals surface area contributed by atoms with Crippen LogP contribution in [-0.2, 0) is 4.79 Å². The summed E-state index contributed by atoms with van der Waals surface area (Å²) in [5.41, 5.74) is 0.744. The highest BCUT2D eigenvalue weighted by Gasteiger charge is 2.26.